The number of hydrogen-bond donors (Lipinski definition) is 0. The Morgan fingerprint density at radius 1 is 1.32 bits per heavy atom. The highest BCUT2D eigenvalue weighted by Crippen LogP contribution is 2.38. The Morgan fingerprint density at radius 2 is 1.95 bits per heavy atom. The molecule has 0 saturated carbocycles. The lowest BCUT2D eigenvalue weighted by Crippen LogP contribution is -2.47. The molecule has 0 atom stereocenters. The molecule has 2 heterocycles. The molecule has 1 aliphatic heterocycles. The van der Waals surface area contributed by atoms with Gasteiger partial charge in [0.2, 0.25) is 0 Å². The zero-order valence-corrected chi connectivity index (χ0v) is 14.6. The van der Waals surface area contributed by atoms with Gasteiger partial charge in [0.05, 0.1) is 0 Å². The van der Waals surface area contributed by atoms with E-state index in [-0.39, 0.29) is 0 Å². The van der Waals surface area contributed by atoms with Crippen LogP contribution in [0.3, 0.4) is 0 Å². The lowest BCUT2D eigenvalue weighted by Gasteiger charge is -2.41. The van der Waals surface area contributed by atoms with Crippen LogP contribution in [0.25, 0.3) is 0 Å². The Morgan fingerprint density at radius 3 is 2.42 bits per heavy atom. The molecule has 2 rings (SSSR count). The molecule has 0 bridgehead atoms. The molecular formula is C14H26N2OSSi. The van der Waals surface area contributed by atoms with Gasteiger partial charge in [-0.05, 0) is 31.0 Å². The van der Waals surface area contributed by atoms with Gasteiger partial charge in [-0.3, -0.25) is 0 Å². The number of anilines is 1. The van der Waals surface area contributed by atoms with E-state index in [0.717, 1.165) is 31.1 Å². The topological polar surface area (TPSA) is 25.4 Å². The number of piperidine rings is 1. The van der Waals surface area contributed by atoms with E-state index >= 15 is 0 Å². The van der Waals surface area contributed by atoms with Gasteiger partial charge in [0.25, 0.3) is 0 Å². The molecule has 1 fully saturated rings. The summed E-state index contributed by atoms with van der Waals surface area (Å²) in [5, 5.41) is 3.51. The highest BCUT2D eigenvalue weighted by molar-refractivity contribution is 7.13. The van der Waals surface area contributed by atoms with E-state index in [2.05, 4.69) is 43.7 Å². The first-order chi connectivity index (χ1) is 8.79. The number of rotatable bonds is 3. The van der Waals surface area contributed by atoms with E-state index < -0.39 is 8.32 Å². The molecule has 0 aliphatic carbocycles. The minimum Gasteiger partial charge on any atom is -0.414 e. The second-order valence-electron chi connectivity index (χ2n) is 6.88. The first-order valence-corrected chi connectivity index (χ1v) is 10.9. The van der Waals surface area contributed by atoms with Crippen molar-refractivity contribution in [2.75, 3.05) is 18.0 Å². The minimum absolute atomic E-state index is 0.305. The summed E-state index contributed by atoms with van der Waals surface area (Å²) in [6.07, 6.45) is 4.59. The fourth-order valence-electron chi connectivity index (χ4n) is 2.13. The molecule has 19 heavy (non-hydrogen) atoms. The maximum Gasteiger partial charge on any atom is 0.192 e. The average molecular weight is 299 g/mol. The van der Waals surface area contributed by atoms with E-state index in [1.54, 1.807) is 11.3 Å². The van der Waals surface area contributed by atoms with E-state index in [0.29, 0.717) is 11.1 Å². The first-order valence-electron chi connectivity index (χ1n) is 7.12. The van der Waals surface area contributed by atoms with Gasteiger partial charge in [0, 0.05) is 30.8 Å². The molecular weight excluding hydrogens is 272 g/mol. The number of hydrogen-bond acceptors (Lipinski definition) is 4. The van der Waals surface area contributed by atoms with Crippen molar-refractivity contribution in [2.24, 2.45) is 0 Å². The standard InChI is InChI=1S/C14H26N2OSSi/c1-14(2,3)19(4,5)17-12-6-9-16(10-7-12)13-15-8-11-18-13/h8,11-12H,6-7,9-10H2,1-5H3. The van der Waals surface area contributed by atoms with Gasteiger partial charge >= 0.3 is 0 Å². The molecule has 1 aromatic rings. The zero-order valence-electron chi connectivity index (χ0n) is 12.8. The summed E-state index contributed by atoms with van der Waals surface area (Å²) in [5.74, 6) is 0. The van der Waals surface area contributed by atoms with Crippen molar-refractivity contribution in [3.63, 3.8) is 0 Å². The summed E-state index contributed by atoms with van der Waals surface area (Å²) in [6, 6.07) is 0. The Labute approximate surface area is 122 Å². The normalized spacial score (nSPS) is 18.9. The Balaban J connectivity index is 1.87. The Kier molecular flexibility index (Phi) is 4.37. The molecule has 1 saturated heterocycles. The van der Waals surface area contributed by atoms with Crippen molar-refractivity contribution >= 4 is 24.8 Å². The predicted molar refractivity (Wildman–Crippen MR) is 85.6 cm³/mol. The van der Waals surface area contributed by atoms with Crippen molar-refractivity contribution in [3.05, 3.63) is 11.6 Å². The molecule has 0 unspecified atom stereocenters. The van der Waals surface area contributed by atoms with Crippen molar-refractivity contribution in [3.8, 4) is 0 Å². The molecule has 0 aromatic carbocycles. The summed E-state index contributed by atoms with van der Waals surface area (Å²) >= 11 is 1.73. The van der Waals surface area contributed by atoms with Crippen LogP contribution in [-0.4, -0.2) is 32.5 Å². The molecule has 1 aliphatic rings. The molecule has 0 radical (unpaired) electrons. The molecule has 0 N–H and O–H groups in total. The van der Waals surface area contributed by atoms with Crippen LogP contribution in [0.4, 0.5) is 5.13 Å². The highest BCUT2D eigenvalue weighted by atomic mass is 32.1. The molecule has 108 valence electrons. The SMILES string of the molecule is CC(C)(C)[Si](C)(C)OC1CCN(c2nccs2)CC1. The third kappa shape index (κ3) is 3.58. The molecule has 0 spiro atoms. The molecule has 5 heteroatoms. The van der Waals surface area contributed by atoms with Crippen LogP contribution in [0.1, 0.15) is 33.6 Å². The monoisotopic (exact) mass is 298 g/mol. The average Bonchev–Trinajstić information content (AvgIpc) is 2.81. The van der Waals surface area contributed by atoms with Crippen LogP contribution < -0.4 is 4.90 Å². The summed E-state index contributed by atoms with van der Waals surface area (Å²) in [4.78, 5) is 6.78. The number of aromatic nitrogens is 1. The predicted octanol–water partition coefficient (Wildman–Crippen LogP) is 4.13. The fraction of sp³-hybridized carbons (Fsp3) is 0.786. The molecule has 1 aromatic heterocycles. The van der Waals surface area contributed by atoms with Crippen molar-refractivity contribution < 1.29 is 4.43 Å². The lowest BCUT2D eigenvalue weighted by atomic mass is 10.1. The van der Waals surface area contributed by atoms with E-state index in [4.69, 9.17) is 4.43 Å². The summed E-state index contributed by atoms with van der Waals surface area (Å²) < 4.78 is 6.50. The summed E-state index contributed by atoms with van der Waals surface area (Å²) in [5.41, 5.74) is 0. The van der Waals surface area contributed by atoms with Gasteiger partial charge in [-0.2, -0.15) is 0 Å². The van der Waals surface area contributed by atoms with Gasteiger partial charge < -0.3 is 9.33 Å². The van der Waals surface area contributed by atoms with Crippen molar-refractivity contribution in [1.82, 2.24) is 4.98 Å². The Bertz CT molecular complexity index is 392. The fourth-order valence-corrected chi connectivity index (χ4v) is 4.25. The van der Waals surface area contributed by atoms with E-state index in [1.165, 1.54) is 0 Å². The summed E-state index contributed by atoms with van der Waals surface area (Å²) in [7, 11) is -1.61. The van der Waals surface area contributed by atoms with Crippen LogP contribution in [0.5, 0.6) is 0 Å². The van der Waals surface area contributed by atoms with Crippen LogP contribution in [0, 0.1) is 0 Å². The number of nitrogens with zero attached hydrogens (tertiary/aromatic N) is 2. The molecule has 0 amide bonds. The van der Waals surface area contributed by atoms with Crippen LogP contribution in [-0.2, 0) is 4.43 Å². The largest absolute Gasteiger partial charge is 0.414 e. The zero-order chi connectivity index (χ0) is 14.1. The van der Waals surface area contributed by atoms with E-state index in [1.807, 2.05) is 11.6 Å². The van der Waals surface area contributed by atoms with Gasteiger partial charge in [-0.1, -0.05) is 20.8 Å². The Hall–Kier alpha value is -0.393. The van der Waals surface area contributed by atoms with Gasteiger partial charge in [0.15, 0.2) is 13.4 Å². The van der Waals surface area contributed by atoms with Gasteiger partial charge in [-0.25, -0.2) is 4.98 Å². The van der Waals surface area contributed by atoms with Crippen LogP contribution in [0.2, 0.25) is 18.1 Å². The lowest BCUT2D eigenvalue weighted by molar-refractivity contribution is 0.152. The third-order valence-corrected chi connectivity index (χ3v) is 9.77. The number of thiazole rings is 1. The van der Waals surface area contributed by atoms with Crippen LogP contribution in [0.15, 0.2) is 11.6 Å². The highest BCUT2D eigenvalue weighted by Gasteiger charge is 2.39. The maximum absolute atomic E-state index is 6.50. The summed E-state index contributed by atoms with van der Waals surface area (Å²) in [6.45, 7) is 13.8. The van der Waals surface area contributed by atoms with Crippen LogP contribution >= 0.6 is 11.3 Å². The molecule has 3 nitrogen and oxygen atoms in total. The van der Waals surface area contributed by atoms with Crippen molar-refractivity contribution in [1.29, 1.82) is 0 Å². The second-order valence-corrected chi connectivity index (χ2v) is 12.5. The van der Waals surface area contributed by atoms with Crippen molar-refractivity contribution in [2.45, 2.75) is 57.8 Å². The maximum atomic E-state index is 6.50. The van der Waals surface area contributed by atoms with Gasteiger partial charge in [0.1, 0.15) is 0 Å². The smallest absolute Gasteiger partial charge is 0.192 e. The first kappa shape index (κ1) is 15.0. The van der Waals surface area contributed by atoms with Gasteiger partial charge in [-0.15, -0.1) is 11.3 Å². The van der Waals surface area contributed by atoms with E-state index in [9.17, 15) is 0 Å². The minimum atomic E-state index is -1.61. The quantitative estimate of drug-likeness (QED) is 0.784. The second kappa shape index (κ2) is 5.54. The third-order valence-electron chi connectivity index (χ3n) is 4.40.